The molecule has 2 rings (SSSR count). The van der Waals surface area contributed by atoms with Crippen LogP contribution in [0.2, 0.25) is 0 Å². The number of nitrogens with zero attached hydrogens (tertiary/aromatic N) is 1. The van der Waals surface area contributed by atoms with E-state index >= 15 is 0 Å². The number of ether oxygens (including phenoxy) is 1. The minimum atomic E-state index is -1.18. The van der Waals surface area contributed by atoms with E-state index in [2.05, 4.69) is 0 Å². The first-order valence-electron chi connectivity index (χ1n) is 8.68. The Morgan fingerprint density at radius 1 is 0.963 bits per heavy atom. The van der Waals surface area contributed by atoms with Crippen LogP contribution in [0.25, 0.3) is 0 Å². The second kappa shape index (κ2) is 9.52. The summed E-state index contributed by atoms with van der Waals surface area (Å²) in [5.41, 5.74) is 1.18. The Morgan fingerprint density at radius 2 is 1.52 bits per heavy atom. The molecule has 0 spiro atoms. The third-order valence-electron chi connectivity index (χ3n) is 4.07. The summed E-state index contributed by atoms with van der Waals surface area (Å²) in [4.78, 5) is 37.9. The van der Waals surface area contributed by atoms with Crippen molar-refractivity contribution >= 4 is 17.8 Å². The first-order valence-corrected chi connectivity index (χ1v) is 8.68. The average molecular weight is 369 g/mol. The van der Waals surface area contributed by atoms with E-state index < -0.39 is 24.0 Å². The molecule has 2 aromatic rings. The molecule has 1 unspecified atom stereocenters. The highest BCUT2D eigenvalue weighted by molar-refractivity contribution is 5.99. The number of carbonyl (C=O) groups is 3. The van der Waals surface area contributed by atoms with E-state index in [-0.39, 0.29) is 18.9 Å². The molecule has 27 heavy (non-hydrogen) atoms. The highest BCUT2D eigenvalue weighted by Crippen LogP contribution is 2.15. The summed E-state index contributed by atoms with van der Waals surface area (Å²) in [7, 11) is 0. The van der Waals surface area contributed by atoms with Gasteiger partial charge in [-0.3, -0.25) is 9.69 Å². The Hall–Kier alpha value is -3.15. The fourth-order valence-corrected chi connectivity index (χ4v) is 2.73. The fraction of sp³-hybridized carbons (Fsp3) is 0.286. The van der Waals surface area contributed by atoms with Crippen LogP contribution in [0.15, 0.2) is 60.7 Å². The van der Waals surface area contributed by atoms with Gasteiger partial charge in [-0.2, -0.15) is 0 Å². The van der Waals surface area contributed by atoms with Crippen LogP contribution in [0.4, 0.5) is 4.79 Å². The van der Waals surface area contributed by atoms with Gasteiger partial charge in [-0.05, 0) is 11.5 Å². The third-order valence-corrected chi connectivity index (χ3v) is 4.07. The van der Waals surface area contributed by atoms with Gasteiger partial charge in [0.2, 0.25) is 0 Å². The molecular formula is C21H23NO5. The lowest BCUT2D eigenvalue weighted by molar-refractivity contribution is -0.144. The van der Waals surface area contributed by atoms with Crippen LogP contribution in [0.5, 0.6) is 0 Å². The third kappa shape index (κ3) is 5.67. The number of amides is 1. The largest absolute Gasteiger partial charge is 0.480 e. The van der Waals surface area contributed by atoms with Crippen LogP contribution >= 0.6 is 0 Å². The summed E-state index contributed by atoms with van der Waals surface area (Å²) < 4.78 is 5.28. The normalized spacial score (nSPS) is 11.7. The number of hydrogen-bond donors (Lipinski definition) is 1. The van der Waals surface area contributed by atoms with Gasteiger partial charge in [0.05, 0.1) is 6.54 Å². The zero-order valence-electron chi connectivity index (χ0n) is 15.4. The average Bonchev–Trinajstić information content (AvgIpc) is 2.66. The number of ketones is 1. The lowest BCUT2D eigenvalue weighted by Crippen LogP contribution is -2.50. The standard InChI is InChI=1S/C21H23NO5/c1-15(2)19(20(24)25)22(13-18(23)17-11-7-4-8-12-17)21(26)27-14-16-9-5-3-6-10-16/h3-12,15,19H,13-14H2,1-2H3,(H,24,25). The molecule has 0 aliphatic carbocycles. The monoisotopic (exact) mass is 369 g/mol. The lowest BCUT2D eigenvalue weighted by Gasteiger charge is -2.30. The van der Waals surface area contributed by atoms with E-state index in [4.69, 9.17) is 4.74 Å². The molecule has 2 aromatic carbocycles. The zero-order valence-corrected chi connectivity index (χ0v) is 15.4. The number of hydrogen-bond acceptors (Lipinski definition) is 4. The molecule has 0 fully saturated rings. The maximum Gasteiger partial charge on any atom is 0.411 e. The van der Waals surface area contributed by atoms with Crippen molar-refractivity contribution in [2.75, 3.05) is 6.54 Å². The number of carboxylic acids is 1. The molecule has 0 radical (unpaired) electrons. The topological polar surface area (TPSA) is 83.9 Å². The Bertz CT molecular complexity index is 774. The first kappa shape index (κ1) is 20.2. The Kier molecular flexibility index (Phi) is 7.11. The highest BCUT2D eigenvalue weighted by Gasteiger charge is 2.35. The van der Waals surface area contributed by atoms with E-state index in [0.717, 1.165) is 10.5 Å². The van der Waals surface area contributed by atoms with Gasteiger partial charge >= 0.3 is 12.1 Å². The minimum absolute atomic E-state index is 0.000134. The Labute approximate surface area is 158 Å². The second-order valence-electron chi connectivity index (χ2n) is 6.48. The van der Waals surface area contributed by atoms with Crippen molar-refractivity contribution in [3.8, 4) is 0 Å². The molecule has 0 saturated heterocycles. The molecule has 0 aliphatic heterocycles. The van der Waals surface area contributed by atoms with E-state index in [1.165, 1.54) is 0 Å². The van der Waals surface area contributed by atoms with Gasteiger partial charge in [0.25, 0.3) is 0 Å². The summed E-state index contributed by atoms with van der Waals surface area (Å²) in [5, 5.41) is 9.57. The molecule has 0 bridgehead atoms. The van der Waals surface area contributed by atoms with Gasteiger partial charge < -0.3 is 9.84 Å². The summed E-state index contributed by atoms with van der Waals surface area (Å²) in [6.45, 7) is 3.00. The number of carbonyl (C=O) groups excluding carboxylic acids is 2. The molecule has 0 aliphatic rings. The molecule has 1 N–H and O–H groups in total. The van der Waals surface area contributed by atoms with E-state index in [9.17, 15) is 19.5 Å². The van der Waals surface area contributed by atoms with E-state index in [1.807, 2.05) is 18.2 Å². The van der Waals surface area contributed by atoms with Crippen LogP contribution < -0.4 is 0 Å². The molecule has 142 valence electrons. The molecule has 0 aromatic heterocycles. The maximum absolute atomic E-state index is 12.6. The summed E-state index contributed by atoms with van der Waals surface area (Å²) in [6.07, 6.45) is -0.829. The zero-order chi connectivity index (χ0) is 19.8. The molecule has 1 atom stereocenters. The minimum Gasteiger partial charge on any atom is -0.480 e. The smallest absolute Gasteiger partial charge is 0.411 e. The molecular weight excluding hydrogens is 346 g/mol. The quantitative estimate of drug-likeness (QED) is 0.719. The number of aliphatic carboxylic acids is 1. The first-order chi connectivity index (χ1) is 12.9. The Morgan fingerprint density at radius 3 is 2.04 bits per heavy atom. The fourth-order valence-electron chi connectivity index (χ4n) is 2.73. The van der Waals surface area contributed by atoms with Crippen LogP contribution in [0, 0.1) is 5.92 Å². The molecule has 6 heteroatoms. The van der Waals surface area contributed by atoms with Crippen molar-refractivity contribution in [2.45, 2.75) is 26.5 Å². The number of rotatable bonds is 8. The number of benzene rings is 2. The van der Waals surface area contributed by atoms with Gasteiger partial charge in [0.1, 0.15) is 12.6 Å². The Balaban J connectivity index is 2.19. The predicted octanol–water partition coefficient (Wildman–Crippen LogP) is 3.62. The van der Waals surface area contributed by atoms with Crippen molar-refractivity contribution < 1.29 is 24.2 Å². The SMILES string of the molecule is CC(C)C(C(=O)O)N(CC(=O)c1ccccc1)C(=O)OCc1ccccc1. The van der Waals surface area contributed by atoms with Gasteiger partial charge in [0.15, 0.2) is 5.78 Å². The molecule has 0 heterocycles. The maximum atomic E-state index is 12.6. The van der Waals surface area contributed by atoms with Crippen LogP contribution in [-0.4, -0.2) is 40.4 Å². The predicted molar refractivity (Wildman–Crippen MR) is 100 cm³/mol. The van der Waals surface area contributed by atoms with Crippen LogP contribution in [0.1, 0.15) is 29.8 Å². The van der Waals surface area contributed by atoms with Crippen LogP contribution in [-0.2, 0) is 16.1 Å². The van der Waals surface area contributed by atoms with Crippen molar-refractivity contribution in [2.24, 2.45) is 5.92 Å². The lowest BCUT2D eigenvalue weighted by atomic mass is 10.0. The van der Waals surface area contributed by atoms with Crippen molar-refractivity contribution in [1.29, 1.82) is 0 Å². The van der Waals surface area contributed by atoms with Gasteiger partial charge in [-0.25, -0.2) is 9.59 Å². The summed E-state index contributed by atoms with van der Waals surface area (Å²) in [5.74, 6) is -1.92. The van der Waals surface area contributed by atoms with E-state index in [1.54, 1.807) is 56.3 Å². The van der Waals surface area contributed by atoms with Crippen molar-refractivity contribution in [1.82, 2.24) is 4.90 Å². The van der Waals surface area contributed by atoms with E-state index in [0.29, 0.717) is 5.56 Å². The van der Waals surface area contributed by atoms with Crippen LogP contribution in [0.3, 0.4) is 0 Å². The second-order valence-corrected chi connectivity index (χ2v) is 6.48. The number of Topliss-reactive ketones (excluding diaryl/α,β-unsaturated/α-hetero) is 1. The molecule has 1 amide bonds. The van der Waals surface area contributed by atoms with Crippen molar-refractivity contribution in [3.63, 3.8) is 0 Å². The van der Waals surface area contributed by atoms with Gasteiger partial charge in [-0.15, -0.1) is 0 Å². The van der Waals surface area contributed by atoms with Gasteiger partial charge in [-0.1, -0.05) is 74.5 Å². The molecule has 6 nitrogen and oxygen atoms in total. The summed E-state index contributed by atoms with van der Waals surface area (Å²) >= 11 is 0. The molecule has 0 saturated carbocycles. The van der Waals surface area contributed by atoms with Gasteiger partial charge in [0, 0.05) is 5.56 Å². The highest BCUT2D eigenvalue weighted by atomic mass is 16.6. The number of carboxylic acid groups (broad SMARTS) is 1. The summed E-state index contributed by atoms with van der Waals surface area (Å²) in [6, 6.07) is 16.3. The van der Waals surface area contributed by atoms with Crippen molar-refractivity contribution in [3.05, 3.63) is 71.8 Å².